The van der Waals surface area contributed by atoms with E-state index in [0.717, 1.165) is 15.1 Å². The highest BCUT2D eigenvalue weighted by Crippen LogP contribution is 2.36. The molecule has 10 nitrogen and oxygen atoms in total. The maximum absolute atomic E-state index is 13.7. The molecule has 1 heterocycles. The number of aromatic nitrogens is 1. The zero-order valence-electron chi connectivity index (χ0n) is 26.0. The number of hydrogen-bond acceptors (Lipinski definition) is 9. The van der Waals surface area contributed by atoms with Gasteiger partial charge in [-0.25, -0.2) is 4.98 Å². The van der Waals surface area contributed by atoms with Crippen LogP contribution in [0.5, 0.6) is 17.2 Å². The molecule has 0 radical (unpaired) electrons. The third-order valence-corrected chi connectivity index (χ3v) is 8.91. The Labute approximate surface area is 280 Å². The van der Waals surface area contributed by atoms with Crippen molar-refractivity contribution < 1.29 is 28.6 Å². The minimum absolute atomic E-state index is 0.0361. The van der Waals surface area contributed by atoms with Crippen LogP contribution in [-0.2, 0) is 9.59 Å². The smallest absolute Gasteiger partial charge is 0.272 e. The molecule has 1 unspecified atom stereocenters. The molecule has 0 aliphatic heterocycles. The normalized spacial score (nSPS) is 11.8. The van der Waals surface area contributed by atoms with Gasteiger partial charge in [0.25, 0.3) is 11.8 Å². The number of ether oxygens (including phenoxy) is 3. The van der Waals surface area contributed by atoms with E-state index in [-0.39, 0.29) is 11.6 Å². The van der Waals surface area contributed by atoms with Crippen molar-refractivity contribution in [3.05, 3.63) is 108 Å². The van der Waals surface area contributed by atoms with Crippen molar-refractivity contribution in [3.8, 4) is 17.2 Å². The predicted molar refractivity (Wildman–Crippen MR) is 187 cm³/mol. The summed E-state index contributed by atoms with van der Waals surface area (Å²) in [4.78, 5) is 45.1. The monoisotopic (exact) mass is 668 g/mol. The van der Waals surface area contributed by atoms with Crippen LogP contribution in [0.4, 0.5) is 10.8 Å². The average Bonchev–Trinajstić information content (AvgIpc) is 3.50. The maximum Gasteiger partial charge on any atom is 0.272 e. The van der Waals surface area contributed by atoms with E-state index in [2.05, 4.69) is 20.9 Å². The number of amides is 3. The van der Waals surface area contributed by atoms with Crippen molar-refractivity contribution in [2.24, 2.45) is 0 Å². The molecule has 47 heavy (non-hydrogen) atoms. The summed E-state index contributed by atoms with van der Waals surface area (Å²) >= 11 is 2.75. The SMILES string of the molecule is COc1cc(OC)c(OC)cc1/C=C(/NC(=O)c1ccccc1)C(=O)Nc1cccc(SC(C)C(=O)Nc2nc3ccccc3s2)c1. The van der Waals surface area contributed by atoms with Crippen molar-refractivity contribution in [2.45, 2.75) is 17.1 Å². The van der Waals surface area contributed by atoms with Gasteiger partial charge in [-0.2, -0.15) is 0 Å². The molecule has 5 rings (SSSR count). The molecule has 240 valence electrons. The zero-order chi connectivity index (χ0) is 33.3. The Hall–Kier alpha value is -5.33. The number of rotatable bonds is 12. The second-order valence-electron chi connectivity index (χ2n) is 10.0. The summed E-state index contributed by atoms with van der Waals surface area (Å²) < 4.78 is 17.3. The van der Waals surface area contributed by atoms with E-state index in [1.54, 1.807) is 67.6 Å². The number of benzene rings is 4. The van der Waals surface area contributed by atoms with Crippen LogP contribution in [0.1, 0.15) is 22.8 Å². The van der Waals surface area contributed by atoms with Gasteiger partial charge in [-0.1, -0.05) is 47.7 Å². The van der Waals surface area contributed by atoms with Gasteiger partial charge in [-0.15, -0.1) is 11.8 Å². The minimum Gasteiger partial charge on any atom is -0.496 e. The Balaban J connectivity index is 1.35. The van der Waals surface area contributed by atoms with Gasteiger partial charge in [0.05, 0.1) is 36.8 Å². The first-order chi connectivity index (χ1) is 22.8. The Kier molecular flexibility index (Phi) is 10.8. The Morgan fingerprint density at radius 1 is 0.809 bits per heavy atom. The molecule has 0 aliphatic carbocycles. The number of anilines is 2. The summed E-state index contributed by atoms with van der Waals surface area (Å²) in [5.41, 5.74) is 2.11. The molecule has 0 bridgehead atoms. The van der Waals surface area contributed by atoms with Crippen LogP contribution in [-0.4, -0.2) is 49.3 Å². The highest BCUT2D eigenvalue weighted by molar-refractivity contribution is 8.00. The molecule has 4 aromatic carbocycles. The molecule has 0 saturated heterocycles. The number of thioether (sulfide) groups is 1. The molecule has 0 aliphatic rings. The lowest BCUT2D eigenvalue weighted by Crippen LogP contribution is -2.30. The number of methoxy groups -OCH3 is 3. The molecule has 0 saturated carbocycles. The summed E-state index contributed by atoms with van der Waals surface area (Å²) in [6.07, 6.45) is 1.50. The quantitative estimate of drug-likeness (QED) is 0.0973. The molecular weight excluding hydrogens is 637 g/mol. The van der Waals surface area contributed by atoms with Crippen LogP contribution in [0.25, 0.3) is 16.3 Å². The summed E-state index contributed by atoms with van der Waals surface area (Å²) in [5, 5.41) is 8.58. The topological polar surface area (TPSA) is 128 Å². The minimum atomic E-state index is -0.574. The fourth-order valence-electron chi connectivity index (χ4n) is 4.50. The molecule has 0 spiro atoms. The third-order valence-electron chi connectivity index (χ3n) is 6.86. The number of carbonyl (C=O) groups is 3. The summed E-state index contributed by atoms with van der Waals surface area (Å²) in [5.74, 6) is 0.0241. The lowest BCUT2D eigenvalue weighted by molar-refractivity contribution is -0.115. The number of carbonyl (C=O) groups excluding carboxylic acids is 3. The van der Waals surface area contributed by atoms with Crippen molar-refractivity contribution in [3.63, 3.8) is 0 Å². The highest BCUT2D eigenvalue weighted by atomic mass is 32.2. The summed E-state index contributed by atoms with van der Waals surface area (Å²) in [6.45, 7) is 1.80. The standard InChI is InChI=1S/C35H32N4O6S2/c1-21(32(40)39-35-38-26-15-8-9-16-31(26)47-35)46-25-14-10-13-24(19-25)36-34(42)27(37-33(41)22-11-6-5-7-12-22)17-23-18-29(44-3)30(45-4)20-28(23)43-2/h5-21H,1-4H3,(H,36,42)(H,37,41)(H,38,39,40)/b27-17+. The second-order valence-corrected chi connectivity index (χ2v) is 12.5. The van der Waals surface area contributed by atoms with Gasteiger partial charge in [0.1, 0.15) is 11.4 Å². The first kappa shape index (κ1) is 33.0. The van der Waals surface area contributed by atoms with Gasteiger partial charge < -0.3 is 30.2 Å². The maximum atomic E-state index is 13.7. The van der Waals surface area contributed by atoms with Crippen LogP contribution >= 0.6 is 23.1 Å². The fourth-order valence-corrected chi connectivity index (χ4v) is 6.29. The van der Waals surface area contributed by atoms with Gasteiger partial charge in [0, 0.05) is 27.8 Å². The number of hydrogen-bond donors (Lipinski definition) is 3. The van der Waals surface area contributed by atoms with E-state index in [1.807, 2.05) is 30.3 Å². The highest BCUT2D eigenvalue weighted by Gasteiger charge is 2.20. The van der Waals surface area contributed by atoms with E-state index >= 15 is 0 Å². The molecule has 1 aromatic heterocycles. The van der Waals surface area contributed by atoms with Crippen molar-refractivity contribution in [2.75, 3.05) is 32.0 Å². The number of thiazole rings is 1. The van der Waals surface area contributed by atoms with Crippen LogP contribution in [0.15, 0.2) is 102 Å². The molecule has 12 heteroatoms. The first-order valence-electron chi connectivity index (χ1n) is 14.4. The Bertz CT molecular complexity index is 1910. The van der Waals surface area contributed by atoms with Gasteiger partial charge in [0.15, 0.2) is 16.6 Å². The molecule has 0 fully saturated rings. The van der Waals surface area contributed by atoms with Crippen molar-refractivity contribution in [1.82, 2.24) is 10.3 Å². The Morgan fingerprint density at radius 3 is 2.23 bits per heavy atom. The van der Waals surface area contributed by atoms with E-state index in [4.69, 9.17) is 14.2 Å². The molecule has 3 amide bonds. The van der Waals surface area contributed by atoms with Crippen LogP contribution in [0, 0.1) is 0 Å². The van der Waals surface area contributed by atoms with E-state index < -0.39 is 17.1 Å². The fraction of sp³-hybridized carbons (Fsp3) is 0.143. The largest absolute Gasteiger partial charge is 0.496 e. The lowest BCUT2D eigenvalue weighted by Gasteiger charge is -2.15. The van der Waals surface area contributed by atoms with Crippen LogP contribution in [0.3, 0.4) is 0 Å². The van der Waals surface area contributed by atoms with Crippen LogP contribution in [0.2, 0.25) is 0 Å². The van der Waals surface area contributed by atoms with Gasteiger partial charge in [0.2, 0.25) is 5.91 Å². The summed E-state index contributed by atoms with van der Waals surface area (Å²) in [6, 6.07) is 26.7. The van der Waals surface area contributed by atoms with Gasteiger partial charge >= 0.3 is 0 Å². The number of fused-ring (bicyclic) bond motifs is 1. The molecule has 5 aromatic rings. The van der Waals surface area contributed by atoms with Crippen LogP contribution < -0.4 is 30.2 Å². The number of para-hydroxylation sites is 1. The number of nitrogens with zero attached hydrogens (tertiary/aromatic N) is 1. The molecular formula is C35H32N4O6S2. The molecule has 1 atom stereocenters. The van der Waals surface area contributed by atoms with E-state index in [0.29, 0.717) is 39.2 Å². The third kappa shape index (κ3) is 8.29. The average molecular weight is 669 g/mol. The van der Waals surface area contributed by atoms with Gasteiger partial charge in [-0.3, -0.25) is 14.4 Å². The Morgan fingerprint density at radius 2 is 1.51 bits per heavy atom. The second kappa shape index (κ2) is 15.3. The number of nitrogens with one attached hydrogen (secondary N) is 3. The van der Waals surface area contributed by atoms with E-state index in [9.17, 15) is 14.4 Å². The lowest BCUT2D eigenvalue weighted by atomic mass is 10.1. The summed E-state index contributed by atoms with van der Waals surface area (Å²) in [7, 11) is 4.50. The molecule has 3 N–H and O–H groups in total. The first-order valence-corrected chi connectivity index (χ1v) is 16.1. The zero-order valence-corrected chi connectivity index (χ0v) is 27.7. The van der Waals surface area contributed by atoms with Crippen molar-refractivity contribution in [1.29, 1.82) is 0 Å². The van der Waals surface area contributed by atoms with E-state index in [1.165, 1.54) is 50.5 Å². The van der Waals surface area contributed by atoms with Gasteiger partial charge in [-0.05, 0) is 61.5 Å². The van der Waals surface area contributed by atoms with Crippen molar-refractivity contribution >= 4 is 67.9 Å². The predicted octanol–water partition coefficient (Wildman–Crippen LogP) is 6.85.